The third kappa shape index (κ3) is 6.06. The Morgan fingerprint density at radius 3 is 2.08 bits per heavy atom. The SMILES string of the molecule is CCOC(=O)CCC(C#N)(CCC(=O)OCC)c1cc(Cl)ccc1C. The molecular formula is C19H24ClNO4. The topological polar surface area (TPSA) is 76.4 Å². The third-order valence-electron chi connectivity index (χ3n) is 4.05. The highest BCUT2D eigenvalue weighted by atomic mass is 35.5. The van der Waals surface area contributed by atoms with E-state index in [1.54, 1.807) is 26.0 Å². The van der Waals surface area contributed by atoms with Crippen LogP contribution in [0.5, 0.6) is 0 Å². The molecule has 136 valence electrons. The summed E-state index contributed by atoms with van der Waals surface area (Å²) in [5.41, 5.74) is 0.615. The first-order valence-electron chi connectivity index (χ1n) is 8.37. The van der Waals surface area contributed by atoms with Gasteiger partial charge >= 0.3 is 11.9 Å². The summed E-state index contributed by atoms with van der Waals surface area (Å²) in [7, 11) is 0. The maximum Gasteiger partial charge on any atom is 0.305 e. The van der Waals surface area contributed by atoms with E-state index in [2.05, 4.69) is 6.07 Å². The van der Waals surface area contributed by atoms with Crippen molar-refractivity contribution < 1.29 is 19.1 Å². The monoisotopic (exact) mass is 365 g/mol. The summed E-state index contributed by atoms with van der Waals surface area (Å²) in [6.07, 6.45) is 0.693. The maximum atomic E-state index is 11.8. The molecule has 0 unspecified atom stereocenters. The first kappa shape index (κ1) is 21.0. The molecule has 0 N–H and O–H groups in total. The zero-order valence-corrected chi connectivity index (χ0v) is 15.7. The van der Waals surface area contributed by atoms with Crippen molar-refractivity contribution in [2.24, 2.45) is 0 Å². The number of halogens is 1. The fraction of sp³-hybridized carbons (Fsp3) is 0.526. The minimum atomic E-state index is -1.01. The van der Waals surface area contributed by atoms with Gasteiger partial charge in [-0.2, -0.15) is 5.26 Å². The Bertz CT molecular complexity index is 629. The van der Waals surface area contributed by atoms with E-state index in [0.29, 0.717) is 5.02 Å². The van der Waals surface area contributed by atoms with Gasteiger partial charge in [-0.1, -0.05) is 17.7 Å². The predicted octanol–water partition coefficient (Wildman–Crippen LogP) is 4.10. The van der Waals surface area contributed by atoms with E-state index in [0.717, 1.165) is 11.1 Å². The third-order valence-corrected chi connectivity index (χ3v) is 4.29. The van der Waals surface area contributed by atoms with Gasteiger partial charge in [0, 0.05) is 17.9 Å². The van der Waals surface area contributed by atoms with E-state index >= 15 is 0 Å². The molecule has 0 bridgehead atoms. The lowest BCUT2D eigenvalue weighted by Gasteiger charge is -2.28. The summed E-state index contributed by atoms with van der Waals surface area (Å²) in [6, 6.07) is 7.63. The second-order valence-corrected chi connectivity index (χ2v) is 6.20. The van der Waals surface area contributed by atoms with Crippen molar-refractivity contribution >= 4 is 23.5 Å². The Labute approximate surface area is 153 Å². The summed E-state index contributed by atoms with van der Waals surface area (Å²) in [6.45, 7) is 5.93. The summed E-state index contributed by atoms with van der Waals surface area (Å²) in [4.78, 5) is 23.6. The minimum absolute atomic E-state index is 0.0934. The number of nitrogens with zero attached hydrogens (tertiary/aromatic N) is 1. The van der Waals surface area contributed by atoms with Gasteiger partial charge in [0.05, 0.1) is 24.7 Å². The molecule has 0 saturated heterocycles. The Balaban J connectivity index is 3.14. The van der Waals surface area contributed by atoms with Gasteiger partial charge in [-0.25, -0.2) is 0 Å². The Morgan fingerprint density at radius 2 is 1.64 bits per heavy atom. The van der Waals surface area contributed by atoms with E-state index in [9.17, 15) is 14.9 Å². The molecule has 0 amide bonds. The second kappa shape index (κ2) is 10.0. The van der Waals surface area contributed by atoms with E-state index in [-0.39, 0.29) is 50.8 Å². The van der Waals surface area contributed by atoms with Crippen LogP contribution in [-0.4, -0.2) is 25.2 Å². The second-order valence-electron chi connectivity index (χ2n) is 5.76. The molecule has 0 saturated carbocycles. The van der Waals surface area contributed by atoms with Gasteiger partial charge in [0.1, 0.15) is 0 Å². The fourth-order valence-corrected chi connectivity index (χ4v) is 2.95. The molecule has 0 radical (unpaired) electrons. The minimum Gasteiger partial charge on any atom is -0.466 e. The number of carbonyl (C=O) groups excluding carboxylic acids is 2. The van der Waals surface area contributed by atoms with Crippen LogP contribution in [-0.2, 0) is 24.5 Å². The summed E-state index contributed by atoms with van der Waals surface area (Å²) < 4.78 is 9.94. The highest BCUT2D eigenvalue weighted by molar-refractivity contribution is 6.30. The molecular weight excluding hydrogens is 342 g/mol. The van der Waals surface area contributed by atoms with Crippen LogP contribution in [0.4, 0.5) is 0 Å². The average molecular weight is 366 g/mol. The van der Waals surface area contributed by atoms with E-state index < -0.39 is 5.41 Å². The largest absolute Gasteiger partial charge is 0.466 e. The average Bonchev–Trinajstić information content (AvgIpc) is 2.58. The van der Waals surface area contributed by atoms with Gasteiger partial charge in [0.2, 0.25) is 0 Å². The molecule has 25 heavy (non-hydrogen) atoms. The molecule has 0 aliphatic carbocycles. The summed E-state index contributed by atoms with van der Waals surface area (Å²) in [5, 5.41) is 10.4. The number of hydrogen-bond acceptors (Lipinski definition) is 5. The van der Waals surface area contributed by atoms with Crippen LogP contribution < -0.4 is 0 Å². The lowest BCUT2D eigenvalue weighted by Crippen LogP contribution is -2.28. The predicted molar refractivity (Wildman–Crippen MR) is 95.2 cm³/mol. The van der Waals surface area contributed by atoms with E-state index in [4.69, 9.17) is 21.1 Å². The molecule has 0 fully saturated rings. The van der Waals surface area contributed by atoms with Crippen LogP contribution in [0.1, 0.15) is 50.7 Å². The molecule has 1 rings (SSSR count). The molecule has 1 aromatic carbocycles. The Hall–Kier alpha value is -2.06. The number of ether oxygens (including phenoxy) is 2. The van der Waals surface area contributed by atoms with Crippen LogP contribution in [0.25, 0.3) is 0 Å². The number of nitriles is 1. The standard InChI is InChI=1S/C19H24ClNO4/c1-4-24-17(22)8-10-19(13-21,11-9-18(23)25-5-2)16-12-15(20)7-6-14(16)3/h6-7,12H,4-5,8-11H2,1-3H3. The number of aryl methyl sites for hydroxylation is 1. The molecule has 1 aromatic rings. The van der Waals surface area contributed by atoms with Crippen LogP contribution in [0.3, 0.4) is 0 Å². The van der Waals surface area contributed by atoms with Crippen LogP contribution >= 0.6 is 11.6 Å². The molecule has 0 atom stereocenters. The zero-order chi connectivity index (χ0) is 18.9. The number of benzene rings is 1. The van der Waals surface area contributed by atoms with Crippen LogP contribution in [0.2, 0.25) is 5.02 Å². The van der Waals surface area contributed by atoms with Crippen molar-refractivity contribution in [1.29, 1.82) is 5.26 Å². The van der Waals surface area contributed by atoms with Gasteiger partial charge in [0.25, 0.3) is 0 Å². The smallest absolute Gasteiger partial charge is 0.305 e. The van der Waals surface area contributed by atoms with Gasteiger partial charge in [-0.3, -0.25) is 9.59 Å². The highest BCUT2D eigenvalue weighted by Gasteiger charge is 2.35. The van der Waals surface area contributed by atoms with Crippen LogP contribution in [0, 0.1) is 18.3 Å². The molecule has 6 heteroatoms. The van der Waals surface area contributed by atoms with Crippen molar-refractivity contribution in [2.45, 2.75) is 51.9 Å². The number of rotatable bonds is 9. The van der Waals surface area contributed by atoms with Crippen molar-refractivity contribution in [3.05, 3.63) is 34.3 Å². The van der Waals surface area contributed by atoms with Crippen molar-refractivity contribution in [2.75, 3.05) is 13.2 Å². The van der Waals surface area contributed by atoms with Gasteiger partial charge in [-0.15, -0.1) is 0 Å². The van der Waals surface area contributed by atoms with Gasteiger partial charge in [-0.05, 0) is 56.9 Å². The normalized spacial score (nSPS) is 10.8. The molecule has 0 spiro atoms. The Morgan fingerprint density at radius 1 is 1.12 bits per heavy atom. The Kier molecular flexibility index (Phi) is 8.44. The van der Waals surface area contributed by atoms with Gasteiger partial charge < -0.3 is 9.47 Å². The summed E-state index contributed by atoms with van der Waals surface area (Å²) >= 11 is 6.11. The number of carbonyl (C=O) groups is 2. The van der Waals surface area contributed by atoms with Crippen LogP contribution in [0.15, 0.2) is 18.2 Å². The molecule has 0 heterocycles. The number of esters is 2. The zero-order valence-electron chi connectivity index (χ0n) is 14.9. The lowest BCUT2D eigenvalue weighted by atomic mass is 9.73. The lowest BCUT2D eigenvalue weighted by molar-refractivity contribution is -0.143. The van der Waals surface area contributed by atoms with Crippen molar-refractivity contribution in [1.82, 2.24) is 0 Å². The molecule has 0 aliphatic rings. The maximum absolute atomic E-state index is 11.8. The first-order valence-corrected chi connectivity index (χ1v) is 8.75. The fourth-order valence-electron chi connectivity index (χ4n) is 2.77. The number of hydrogen-bond donors (Lipinski definition) is 0. The quantitative estimate of drug-likeness (QED) is 0.616. The highest BCUT2D eigenvalue weighted by Crippen LogP contribution is 2.37. The van der Waals surface area contributed by atoms with Crippen molar-refractivity contribution in [3.63, 3.8) is 0 Å². The summed E-state index contributed by atoms with van der Waals surface area (Å²) in [5.74, 6) is -0.726. The molecule has 0 aromatic heterocycles. The van der Waals surface area contributed by atoms with Crippen molar-refractivity contribution in [3.8, 4) is 6.07 Å². The van der Waals surface area contributed by atoms with E-state index in [1.165, 1.54) is 0 Å². The molecule has 0 aliphatic heterocycles. The van der Waals surface area contributed by atoms with E-state index in [1.807, 2.05) is 13.0 Å². The van der Waals surface area contributed by atoms with Gasteiger partial charge in [0.15, 0.2) is 0 Å². The molecule has 5 nitrogen and oxygen atoms in total. The first-order chi connectivity index (χ1) is 11.9.